The zero-order valence-corrected chi connectivity index (χ0v) is 27.7. The van der Waals surface area contributed by atoms with Gasteiger partial charge in [-0.15, -0.1) is 58.0 Å². The summed E-state index contributed by atoms with van der Waals surface area (Å²) in [5.74, 6) is 0. The maximum Gasteiger partial charge on any atom is 0.261 e. The lowest BCUT2D eigenvalue weighted by Crippen LogP contribution is -2.66. The Hall–Kier alpha value is 0.0269. The van der Waals surface area contributed by atoms with Gasteiger partial charge in [-0.25, -0.2) is 0 Å². The fourth-order valence-corrected chi connectivity index (χ4v) is 10.9. The lowest BCUT2D eigenvalue weighted by molar-refractivity contribution is 0.160. The quantitative estimate of drug-likeness (QED) is 0.114. The van der Waals surface area contributed by atoms with Gasteiger partial charge in [0.05, 0.1) is 27.6 Å². The predicted molar refractivity (Wildman–Crippen MR) is 171 cm³/mol. The first-order valence-corrected chi connectivity index (χ1v) is 17.7. The van der Waals surface area contributed by atoms with Crippen LogP contribution in [0.25, 0.3) is 0 Å². The van der Waals surface area contributed by atoms with E-state index in [1.807, 2.05) is 0 Å². The van der Waals surface area contributed by atoms with E-state index in [9.17, 15) is 5.11 Å². The minimum Gasteiger partial charge on any atom is -0.407 e. The van der Waals surface area contributed by atoms with Crippen LogP contribution in [0.15, 0.2) is 60.7 Å². The molecule has 6 atom stereocenters. The summed E-state index contributed by atoms with van der Waals surface area (Å²) in [6.45, 7) is 9.37. The van der Waals surface area contributed by atoms with Crippen molar-refractivity contribution < 1.29 is 9.53 Å². The Bertz CT molecular complexity index is 870. The van der Waals surface area contributed by atoms with Crippen LogP contribution < -0.4 is 10.4 Å². The maximum atomic E-state index is 10.3. The van der Waals surface area contributed by atoms with Crippen molar-refractivity contribution in [3.63, 3.8) is 0 Å². The Labute approximate surface area is 256 Å². The van der Waals surface area contributed by atoms with Crippen LogP contribution in [0.2, 0.25) is 5.04 Å². The third-order valence-corrected chi connectivity index (χ3v) is 15.0. The lowest BCUT2D eigenvalue weighted by Gasteiger charge is -2.43. The SMILES string of the molecule is C[C@H](Cl)[C@@H](Cl)[C@@H](O)[C@H](Cl)[C@@H](Cl)[C@H](Cl)CCCCCCCO[Si](c1ccccc1)(c1ccccc1)C(C)(C)C. The second-order valence-electron chi connectivity index (χ2n) is 11.1. The molecule has 0 saturated carbocycles. The highest BCUT2D eigenvalue weighted by atomic mass is 35.5. The van der Waals surface area contributed by atoms with Gasteiger partial charge in [-0.05, 0) is 35.2 Å². The molecule has 0 unspecified atom stereocenters. The van der Waals surface area contributed by atoms with Gasteiger partial charge in [-0.3, -0.25) is 0 Å². The normalized spacial score (nSPS) is 17.4. The molecule has 0 aliphatic heterocycles. The Balaban J connectivity index is 1.85. The number of aliphatic hydroxyl groups is 1. The largest absolute Gasteiger partial charge is 0.407 e. The van der Waals surface area contributed by atoms with Gasteiger partial charge in [0.25, 0.3) is 8.32 Å². The fraction of sp³-hybridized carbons (Fsp3) is 0.600. The van der Waals surface area contributed by atoms with Crippen molar-refractivity contribution in [3.05, 3.63) is 60.7 Å². The van der Waals surface area contributed by atoms with Crippen molar-refractivity contribution in [3.8, 4) is 0 Å². The summed E-state index contributed by atoms with van der Waals surface area (Å²) in [6, 6.07) is 21.5. The van der Waals surface area contributed by atoms with E-state index in [2.05, 4.69) is 81.4 Å². The third-order valence-electron chi connectivity index (χ3n) is 7.10. The monoisotopic (exact) mass is 638 g/mol. The minimum absolute atomic E-state index is 0.0116. The summed E-state index contributed by atoms with van der Waals surface area (Å²) in [5.41, 5.74) is 0. The smallest absolute Gasteiger partial charge is 0.261 e. The van der Waals surface area contributed by atoms with Gasteiger partial charge in [-0.2, -0.15) is 0 Å². The highest BCUT2D eigenvalue weighted by Crippen LogP contribution is 2.37. The zero-order valence-electron chi connectivity index (χ0n) is 22.9. The highest BCUT2D eigenvalue weighted by Gasteiger charge is 2.49. The van der Waals surface area contributed by atoms with E-state index in [0.29, 0.717) is 0 Å². The third kappa shape index (κ3) is 9.28. The summed E-state index contributed by atoms with van der Waals surface area (Å²) < 4.78 is 6.97. The molecule has 0 aliphatic carbocycles. The van der Waals surface area contributed by atoms with Gasteiger partial charge >= 0.3 is 0 Å². The number of hydrogen-bond acceptors (Lipinski definition) is 2. The Kier molecular flexibility index (Phi) is 14.8. The molecule has 214 valence electrons. The second kappa shape index (κ2) is 16.5. The van der Waals surface area contributed by atoms with Crippen molar-refractivity contribution in [1.29, 1.82) is 0 Å². The van der Waals surface area contributed by atoms with E-state index < -0.39 is 35.9 Å². The molecule has 2 rings (SSSR count). The van der Waals surface area contributed by atoms with Crippen LogP contribution >= 0.6 is 58.0 Å². The number of rotatable bonds is 16. The molecular formula is C30H43Cl5O2Si. The summed E-state index contributed by atoms with van der Waals surface area (Å²) in [7, 11) is -2.47. The maximum absolute atomic E-state index is 10.3. The van der Waals surface area contributed by atoms with Crippen molar-refractivity contribution in [2.75, 3.05) is 6.61 Å². The minimum atomic E-state index is -2.47. The molecule has 0 fully saturated rings. The topological polar surface area (TPSA) is 29.5 Å². The Morgan fingerprint density at radius 2 is 1.18 bits per heavy atom. The van der Waals surface area contributed by atoms with Crippen LogP contribution in [0, 0.1) is 0 Å². The van der Waals surface area contributed by atoms with Crippen LogP contribution in [0.5, 0.6) is 0 Å². The molecule has 38 heavy (non-hydrogen) atoms. The van der Waals surface area contributed by atoms with Crippen LogP contribution in [0.3, 0.4) is 0 Å². The molecule has 0 saturated heterocycles. The molecule has 1 N–H and O–H groups in total. The van der Waals surface area contributed by atoms with E-state index in [1.165, 1.54) is 10.4 Å². The first-order valence-electron chi connectivity index (χ1n) is 13.6. The van der Waals surface area contributed by atoms with Crippen molar-refractivity contribution in [2.45, 2.75) is 104 Å². The van der Waals surface area contributed by atoms with E-state index in [4.69, 9.17) is 62.4 Å². The number of hydrogen-bond donors (Lipinski definition) is 1. The summed E-state index contributed by atoms with van der Waals surface area (Å²) in [6.07, 6.45) is 4.91. The molecule has 0 aliphatic rings. The standard InChI is InChI=1S/C30H43Cl5O2Si/c1-22(31)26(33)29(36)28(35)27(34)25(32)20-14-6-5-7-15-21-37-38(30(2,3)4,23-16-10-8-11-17-23)24-18-12-9-13-19-24/h8-13,16-19,22,25-29,36H,5-7,14-15,20-21H2,1-4H3/t22-,25+,26+,27-,28+,29+/m0/s1. The molecule has 0 spiro atoms. The van der Waals surface area contributed by atoms with Crippen LogP contribution in [-0.2, 0) is 4.43 Å². The number of aliphatic hydroxyl groups excluding tert-OH is 1. The van der Waals surface area contributed by atoms with Crippen LogP contribution in [0.1, 0.15) is 66.2 Å². The zero-order chi connectivity index (χ0) is 28.3. The van der Waals surface area contributed by atoms with Gasteiger partial charge < -0.3 is 9.53 Å². The van der Waals surface area contributed by atoms with E-state index in [-0.39, 0.29) is 10.4 Å². The number of halogens is 5. The molecule has 0 radical (unpaired) electrons. The van der Waals surface area contributed by atoms with Crippen molar-refractivity contribution >= 4 is 76.7 Å². The molecule has 2 aromatic carbocycles. The van der Waals surface area contributed by atoms with E-state index in [0.717, 1.165) is 45.1 Å². The molecule has 0 bridgehead atoms. The first-order chi connectivity index (χ1) is 17.9. The Morgan fingerprint density at radius 1 is 0.711 bits per heavy atom. The summed E-state index contributed by atoms with van der Waals surface area (Å²) in [4.78, 5) is 0. The molecule has 2 aromatic rings. The summed E-state index contributed by atoms with van der Waals surface area (Å²) >= 11 is 31.4. The lowest BCUT2D eigenvalue weighted by atomic mass is 10.0. The number of alkyl halides is 5. The average Bonchev–Trinajstić information content (AvgIpc) is 2.90. The highest BCUT2D eigenvalue weighted by molar-refractivity contribution is 6.99. The molecule has 2 nitrogen and oxygen atoms in total. The Morgan fingerprint density at radius 3 is 1.66 bits per heavy atom. The number of unbranched alkanes of at least 4 members (excludes halogenated alkanes) is 4. The molecule has 0 aromatic heterocycles. The predicted octanol–water partition coefficient (Wildman–Crippen LogP) is 8.32. The van der Waals surface area contributed by atoms with Crippen molar-refractivity contribution in [1.82, 2.24) is 0 Å². The number of benzene rings is 2. The van der Waals surface area contributed by atoms with Gasteiger partial charge in [0.1, 0.15) is 0 Å². The first kappa shape index (κ1) is 34.2. The fourth-order valence-electron chi connectivity index (χ4n) is 4.95. The van der Waals surface area contributed by atoms with Crippen LogP contribution in [0.4, 0.5) is 0 Å². The molecule has 0 heterocycles. The molecule has 0 amide bonds. The molecule has 8 heteroatoms. The van der Waals surface area contributed by atoms with Crippen molar-refractivity contribution in [2.24, 2.45) is 0 Å². The van der Waals surface area contributed by atoms with E-state index >= 15 is 0 Å². The van der Waals surface area contributed by atoms with E-state index in [1.54, 1.807) is 6.92 Å². The average molecular weight is 641 g/mol. The second-order valence-corrected chi connectivity index (χ2v) is 18.2. The van der Waals surface area contributed by atoms with Gasteiger partial charge in [0, 0.05) is 12.0 Å². The van der Waals surface area contributed by atoms with Crippen LogP contribution in [-0.4, -0.2) is 53.0 Å². The molecular weight excluding hydrogens is 598 g/mol. The van der Waals surface area contributed by atoms with Gasteiger partial charge in [0.15, 0.2) is 0 Å². The summed E-state index contributed by atoms with van der Waals surface area (Å²) in [5, 5.41) is 10.1. The van der Waals surface area contributed by atoms with Gasteiger partial charge in [0.2, 0.25) is 0 Å². The van der Waals surface area contributed by atoms with Gasteiger partial charge in [-0.1, -0.05) is 107 Å².